The monoisotopic (exact) mass is 349 g/mol. The SMILES string of the molecule is Cc1nn(C[NH+]2CCC(C(=O)Nc3ccccc3)CC2)c(=S)s1. The van der Waals surface area contributed by atoms with Gasteiger partial charge in [0.25, 0.3) is 0 Å². The van der Waals surface area contributed by atoms with Gasteiger partial charge in [-0.2, -0.15) is 9.78 Å². The van der Waals surface area contributed by atoms with Crippen LogP contribution in [0.1, 0.15) is 17.8 Å². The number of carbonyl (C=O) groups excluding carboxylic acids is 1. The van der Waals surface area contributed by atoms with E-state index in [-0.39, 0.29) is 11.8 Å². The number of rotatable bonds is 4. The Morgan fingerprint density at radius 1 is 1.39 bits per heavy atom. The van der Waals surface area contributed by atoms with Crippen molar-refractivity contribution in [1.29, 1.82) is 0 Å². The third-order valence-corrected chi connectivity index (χ3v) is 5.41. The van der Waals surface area contributed by atoms with Crippen molar-refractivity contribution in [2.45, 2.75) is 26.4 Å². The Morgan fingerprint density at radius 2 is 2.09 bits per heavy atom. The molecule has 1 fully saturated rings. The smallest absolute Gasteiger partial charge is 0.227 e. The molecule has 3 rings (SSSR count). The first-order chi connectivity index (χ1) is 11.1. The first-order valence-corrected chi connectivity index (χ1v) is 9.08. The fourth-order valence-electron chi connectivity index (χ4n) is 2.93. The van der Waals surface area contributed by atoms with Gasteiger partial charge in [0.1, 0.15) is 5.01 Å². The first-order valence-electron chi connectivity index (χ1n) is 7.86. The zero-order chi connectivity index (χ0) is 16.2. The number of aromatic nitrogens is 2. The van der Waals surface area contributed by atoms with Crippen LogP contribution in [-0.2, 0) is 11.5 Å². The van der Waals surface area contributed by atoms with E-state index < -0.39 is 0 Å². The van der Waals surface area contributed by atoms with Crippen LogP contribution in [0.5, 0.6) is 0 Å². The summed E-state index contributed by atoms with van der Waals surface area (Å²) in [4.78, 5) is 13.8. The van der Waals surface area contributed by atoms with Gasteiger partial charge in [-0.05, 0) is 31.3 Å². The molecule has 1 amide bonds. The number of benzene rings is 1. The summed E-state index contributed by atoms with van der Waals surface area (Å²) in [5.74, 6) is 0.237. The molecule has 1 saturated heterocycles. The number of piperidine rings is 1. The highest BCUT2D eigenvalue weighted by atomic mass is 32.1. The number of nitrogens with one attached hydrogen (secondary N) is 2. The number of likely N-dealkylation sites (tertiary alicyclic amines) is 1. The standard InChI is InChI=1S/C16H20N4OS2/c1-12-18-20(16(22)23-12)11-19-9-7-13(8-10-19)15(21)17-14-5-3-2-4-6-14/h2-6,13H,7-11H2,1H3,(H,17,21)/p+1. The zero-order valence-electron chi connectivity index (χ0n) is 13.1. The molecule has 2 N–H and O–H groups in total. The van der Waals surface area contributed by atoms with Crippen LogP contribution < -0.4 is 10.2 Å². The van der Waals surface area contributed by atoms with Crippen LogP contribution in [-0.4, -0.2) is 28.8 Å². The summed E-state index contributed by atoms with van der Waals surface area (Å²) >= 11 is 6.87. The molecule has 2 aromatic rings. The lowest BCUT2D eigenvalue weighted by atomic mass is 9.96. The number of anilines is 1. The molecule has 23 heavy (non-hydrogen) atoms. The molecule has 0 spiro atoms. The van der Waals surface area contributed by atoms with Gasteiger partial charge in [0.05, 0.1) is 13.1 Å². The van der Waals surface area contributed by atoms with E-state index in [0.717, 1.165) is 47.2 Å². The maximum Gasteiger partial charge on any atom is 0.227 e. The van der Waals surface area contributed by atoms with Crippen molar-refractivity contribution in [3.8, 4) is 0 Å². The van der Waals surface area contributed by atoms with Crippen molar-refractivity contribution in [2.24, 2.45) is 5.92 Å². The van der Waals surface area contributed by atoms with Crippen molar-refractivity contribution in [1.82, 2.24) is 9.78 Å². The number of amides is 1. The van der Waals surface area contributed by atoms with Crippen molar-refractivity contribution < 1.29 is 9.69 Å². The van der Waals surface area contributed by atoms with Gasteiger partial charge in [-0.1, -0.05) is 29.5 Å². The summed E-state index contributed by atoms with van der Waals surface area (Å²) in [6.45, 7) is 4.74. The molecule has 0 aliphatic carbocycles. The van der Waals surface area contributed by atoms with E-state index in [2.05, 4.69) is 10.4 Å². The summed E-state index contributed by atoms with van der Waals surface area (Å²) in [7, 11) is 0. The van der Waals surface area contributed by atoms with E-state index in [4.69, 9.17) is 12.2 Å². The molecular formula is C16H21N4OS2+. The predicted octanol–water partition coefficient (Wildman–Crippen LogP) is 1.87. The molecule has 2 heterocycles. The molecule has 1 aromatic heterocycles. The van der Waals surface area contributed by atoms with Crippen molar-refractivity contribution >= 4 is 35.1 Å². The van der Waals surface area contributed by atoms with Crippen LogP contribution >= 0.6 is 23.6 Å². The average molecular weight is 350 g/mol. The average Bonchev–Trinajstić information content (AvgIpc) is 2.86. The van der Waals surface area contributed by atoms with Gasteiger partial charge in [0.15, 0.2) is 10.6 Å². The van der Waals surface area contributed by atoms with E-state index in [1.807, 2.05) is 41.9 Å². The summed E-state index contributed by atoms with van der Waals surface area (Å²) < 4.78 is 2.74. The Bertz CT molecular complexity index is 717. The third kappa shape index (κ3) is 4.25. The van der Waals surface area contributed by atoms with Gasteiger partial charge in [0.2, 0.25) is 5.91 Å². The van der Waals surface area contributed by atoms with Crippen LogP contribution in [0, 0.1) is 16.8 Å². The number of nitrogens with zero attached hydrogens (tertiary/aromatic N) is 2. The molecule has 0 atom stereocenters. The predicted molar refractivity (Wildman–Crippen MR) is 94.2 cm³/mol. The molecule has 0 saturated carbocycles. The largest absolute Gasteiger partial charge is 0.326 e. The molecular weight excluding hydrogens is 328 g/mol. The fourth-order valence-corrected chi connectivity index (χ4v) is 4.00. The van der Waals surface area contributed by atoms with E-state index in [9.17, 15) is 4.79 Å². The van der Waals surface area contributed by atoms with Crippen LogP contribution in [0.2, 0.25) is 0 Å². The van der Waals surface area contributed by atoms with Crippen LogP contribution in [0.3, 0.4) is 0 Å². The summed E-state index contributed by atoms with van der Waals surface area (Å²) in [5.41, 5.74) is 0.872. The normalized spacial score (nSPS) is 21.1. The Kier molecular flexibility index (Phi) is 5.20. The maximum atomic E-state index is 12.3. The lowest BCUT2D eigenvalue weighted by Gasteiger charge is -2.28. The Labute approximate surface area is 144 Å². The van der Waals surface area contributed by atoms with E-state index >= 15 is 0 Å². The minimum Gasteiger partial charge on any atom is -0.326 e. The van der Waals surface area contributed by atoms with Crippen molar-refractivity contribution in [3.05, 3.63) is 39.3 Å². The van der Waals surface area contributed by atoms with Crippen LogP contribution in [0.4, 0.5) is 5.69 Å². The third-order valence-electron chi connectivity index (χ3n) is 4.19. The first kappa shape index (κ1) is 16.3. The maximum absolute atomic E-state index is 12.3. The highest BCUT2D eigenvalue weighted by Gasteiger charge is 2.27. The van der Waals surface area contributed by atoms with Gasteiger partial charge < -0.3 is 10.2 Å². The number of hydrogen-bond donors (Lipinski definition) is 2. The number of para-hydroxylation sites is 1. The van der Waals surface area contributed by atoms with Crippen LogP contribution in [0.25, 0.3) is 0 Å². The Morgan fingerprint density at radius 3 is 2.70 bits per heavy atom. The highest BCUT2D eigenvalue weighted by molar-refractivity contribution is 7.73. The van der Waals surface area contributed by atoms with Gasteiger partial charge in [-0.3, -0.25) is 4.79 Å². The highest BCUT2D eigenvalue weighted by Crippen LogP contribution is 2.14. The number of carbonyl (C=O) groups is 1. The zero-order valence-corrected chi connectivity index (χ0v) is 14.8. The molecule has 0 bridgehead atoms. The Hall–Kier alpha value is -1.57. The summed E-state index contributed by atoms with van der Waals surface area (Å²) in [6, 6.07) is 9.65. The summed E-state index contributed by atoms with van der Waals surface area (Å²) in [5, 5.41) is 8.46. The van der Waals surface area contributed by atoms with Gasteiger partial charge in [-0.25, -0.2) is 0 Å². The number of hydrogen-bond acceptors (Lipinski definition) is 4. The van der Waals surface area contributed by atoms with E-state index in [1.54, 1.807) is 11.3 Å². The molecule has 122 valence electrons. The molecule has 1 aliphatic rings. The molecule has 0 unspecified atom stereocenters. The Balaban J connectivity index is 1.51. The number of aryl methyl sites for hydroxylation is 1. The quantitative estimate of drug-likeness (QED) is 0.829. The van der Waals surface area contributed by atoms with Crippen molar-refractivity contribution in [3.63, 3.8) is 0 Å². The van der Waals surface area contributed by atoms with Gasteiger partial charge >= 0.3 is 0 Å². The van der Waals surface area contributed by atoms with Crippen LogP contribution in [0.15, 0.2) is 30.3 Å². The second kappa shape index (κ2) is 7.33. The fraction of sp³-hybridized carbons (Fsp3) is 0.438. The van der Waals surface area contributed by atoms with Gasteiger partial charge in [-0.15, -0.1) is 0 Å². The van der Waals surface area contributed by atoms with E-state index in [1.165, 1.54) is 4.90 Å². The minimum absolute atomic E-state index is 0.101. The van der Waals surface area contributed by atoms with Crippen molar-refractivity contribution in [2.75, 3.05) is 18.4 Å². The van der Waals surface area contributed by atoms with Gasteiger partial charge in [0, 0.05) is 24.4 Å². The summed E-state index contributed by atoms with van der Waals surface area (Å²) in [6.07, 6.45) is 1.81. The minimum atomic E-state index is 0.101. The topological polar surface area (TPSA) is 51.4 Å². The second-order valence-corrected chi connectivity index (χ2v) is 7.75. The molecule has 5 nitrogen and oxygen atoms in total. The second-order valence-electron chi connectivity index (χ2n) is 5.92. The lowest BCUT2D eigenvalue weighted by Crippen LogP contribution is -3.12. The molecule has 1 aromatic carbocycles. The molecule has 0 radical (unpaired) electrons. The lowest BCUT2D eigenvalue weighted by molar-refractivity contribution is -0.928. The van der Waals surface area contributed by atoms with E-state index in [0.29, 0.717) is 0 Å². The number of quaternary nitrogens is 1. The molecule has 7 heteroatoms. The molecule has 1 aliphatic heterocycles.